The third-order valence-corrected chi connectivity index (χ3v) is 19.1. The Labute approximate surface area is 562 Å². The predicted molar refractivity (Wildman–Crippen MR) is 372 cm³/mol. The van der Waals surface area contributed by atoms with Crippen molar-refractivity contribution < 1.29 is 80.2 Å². The van der Waals surface area contributed by atoms with E-state index in [-0.39, 0.29) is 25.7 Å². The Morgan fingerprint density at radius 1 is 0.315 bits per heavy atom. The van der Waals surface area contributed by atoms with Crippen LogP contribution in [-0.4, -0.2) is 96.7 Å². The van der Waals surface area contributed by atoms with Crippen LogP contribution in [0.25, 0.3) is 0 Å². The number of esters is 4. The minimum Gasteiger partial charge on any atom is -0.462 e. The van der Waals surface area contributed by atoms with Gasteiger partial charge in [-0.2, -0.15) is 0 Å². The molecule has 0 spiro atoms. The summed E-state index contributed by atoms with van der Waals surface area (Å²) in [6.07, 6.45) is 48.9. The smallest absolute Gasteiger partial charge is 0.462 e. The van der Waals surface area contributed by atoms with Crippen LogP contribution in [0, 0.1) is 17.8 Å². The number of phosphoric acid groups is 2. The number of hydrogen-bond acceptors (Lipinski definition) is 15. The number of aliphatic hydroxyl groups is 1. The summed E-state index contributed by atoms with van der Waals surface area (Å²) in [4.78, 5) is 72.5. The summed E-state index contributed by atoms with van der Waals surface area (Å²) in [7, 11) is -9.90. The summed E-state index contributed by atoms with van der Waals surface area (Å²) in [6.45, 7) is 11.8. The summed E-state index contributed by atoms with van der Waals surface area (Å²) < 4.78 is 68.2. The molecule has 0 aromatic rings. The van der Waals surface area contributed by atoms with Gasteiger partial charge in [-0.1, -0.05) is 318 Å². The largest absolute Gasteiger partial charge is 0.472 e. The van der Waals surface area contributed by atoms with Gasteiger partial charge in [-0.15, -0.1) is 0 Å². The molecule has 17 nitrogen and oxygen atoms in total. The first-order valence-electron chi connectivity index (χ1n) is 37.9. The standard InChI is InChI=1S/C73H142O17P2/c1-8-10-11-12-30-40-47-54-70(75)83-60-69(90-73(78)57-50-43-36-35-38-45-52-65(5)6)63-88-92(81,82)86-59-67(74)58-85-91(79,80)87-62-68(89-72(77)56-49-42-34-29-25-21-15-13-14-18-22-26-31-37-44-51-64(3)4)61-84-71(76)55-48-41-33-28-24-20-17-16-19-23-27-32-39-46-53-66(7)9-2/h64-69,74H,8-63H2,1-7H3,(H,79,80)(H,81,82)/t66?,67-,68-,69-/m1/s1. The number of carbonyl (C=O) groups is 4. The Kier molecular flexibility index (Phi) is 62.4. The van der Waals surface area contributed by atoms with Crippen molar-refractivity contribution in [3.63, 3.8) is 0 Å². The second kappa shape index (κ2) is 63.8. The summed E-state index contributed by atoms with van der Waals surface area (Å²) in [6, 6.07) is 0. The van der Waals surface area contributed by atoms with Crippen LogP contribution >= 0.6 is 15.6 Å². The molecule has 0 aliphatic heterocycles. The molecule has 3 N–H and O–H groups in total. The molecule has 0 aliphatic rings. The van der Waals surface area contributed by atoms with Crippen molar-refractivity contribution in [3.05, 3.63) is 0 Å². The molecule has 0 aromatic carbocycles. The van der Waals surface area contributed by atoms with Crippen LogP contribution in [0.3, 0.4) is 0 Å². The number of ether oxygens (including phenoxy) is 4. The van der Waals surface area contributed by atoms with E-state index in [1.165, 1.54) is 167 Å². The van der Waals surface area contributed by atoms with Crippen LogP contribution in [0.2, 0.25) is 0 Å². The molecule has 0 bridgehead atoms. The van der Waals surface area contributed by atoms with Crippen LogP contribution in [-0.2, 0) is 65.4 Å². The molecule has 0 radical (unpaired) electrons. The minimum atomic E-state index is -4.95. The van der Waals surface area contributed by atoms with Crippen molar-refractivity contribution in [1.82, 2.24) is 0 Å². The topological polar surface area (TPSA) is 237 Å². The van der Waals surface area contributed by atoms with E-state index in [4.69, 9.17) is 37.0 Å². The molecule has 0 saturated heterocycles. The molecule has 0 aliphatic carbocycles. The average Bonchev–Trinajstić information content (AvgIpc) is 1.84. The average molecular weight is 1350 g/mol. The van der Waals surface area contributed by atoms with Gasteiger partial charge in [0.25, 0.3) is 0 Å². The molecule has 0 fully saturated rings. The van der Waals surface area contributed by atoms with Crippen molar-refractivity contribution in [2.45, 2.75) is 388 Å². The molecular weight excluding hydrogens is 1210 g/mol. The molecule has 0 heterocycles. The van der Waals surface area contributed by atoms with Crippen LogP contribution in [0.1, 0.15) is 370 Å². The summed E-state index contributed by atoms with van der Waals surface area (Å²) in [5, 5.41) is 10.6. The Morgan fingerprint density at radius 3 is 0.826 bits per heavy atom. The van der Waals surface area contributed by atoms with Crippen LogP contribution in [0.5, 0.6) is 0 Å². The Bertz CT molecular complexity index is 1800. The number of unbranched alkanes of at least 4 members (excludes halogenated alkanes) is 38. The fourth-order valence-corrected chi connectivity index (χ4v) is 12.6. The van der Waals surface area contributed by atoms with E-state index in [2.05, 4.69) is 48.5 Å². The monoisotopic (exact) mass is 1350 g/mol. The maximum Gasteiger partial charge on any atom is 0.472 e. The van der Waals surface area contributed by atoms with Gasteiger partial charge in [0.05, 0.1) is 26.4 Å². The third-order valence-electron chi connectivity index (χ3n) is 17.2. The van der Waals surface area contributed by atoms with E-state index < -0.39 is 97.5 Å². The van der Waals surface area contributed by atoms with Gasteiger partial charge in [0.1, 0.15) is 19.3 Å². The zero-order valence-electron chi connectivity index (χ0n) is 60.0. The number of rotatable bonds is 71. The SMILES string of the molecule is CCCCCCCCCC(=O)OC[C@H](COP(=O)(O)OC[C@H](O)COP(=O)(O)OC[C@@H](COC(=O)CCCCCCCCCCCCCCCCC(C)CC)OC(=O)CCCCCCCCCCCCCCCCCC(C)C)OC(=O)CCCCCCCCC(C)C. The van der Waals surface area contributed by atoms with E-state index in [0.717, 1.165) is 115 Å². The second-order valence-electron chi connectivity index (χ2n) is 27.5. The van der Waals surface area contributed by atoms with E-state index in [1.54, 1.807) is 0 Å². The van der Waals surface area contributed by atoms with Crippen molar-refractivity contribution in [3.8, 4) is 0 Å². The van der Waals surface area contributed by atoms with Crippen molar-refractivity contribution >= 4 is 39.5 Å². The molecule has 6 atom stereocenters. The van der Waals surface area contributed by atoms with Gasteiger partial charge in [-0.05, 0) is 43.4 Å². The van der Waals surface area contributed by atoms with Crippen LogP contribution in [0.15, 0.2) is 0 Å². The molecule has 0 aromatic heterocycles. The molecule has 3 unspecified atom stereocenters. The molecule has 19 heteroatoms. The number of hydrogen-bond donors (Lipinski definition) is 3. The molecule has 92 heavy (non-hydrogen) atoms. The summed E-state index contributed by atoms with van der Waals surface area (Å²) >= 11 is 0. The number of carbonyl (C=O) groups excluding carboxylic acids is 4. The predicted octanol–water partition coefficient (Wildman–Crippen LogP) is 21.0. The van der Waals surface area contributed by atoms with E-state index in [1.807, 2.05) is 0 Å². The lowest BCUT2D eigenvalue weighted by atomic mass is 9.99. The van der Waals surface area contributed by atoms with Gasteiger partial charge in [-0.3, -0.25) is 37.3 Å². The highest BCUT2D eigenvalue weighted by atomic mass is 31.2. The fraction of sp³-hybridized carbons (Fsp3) is 0.945. The third kappa shape index (κ3) is 65.4. The maximum absolute atomic E-state index is 13.1. The van der Waals surface area contributed by atoms with Gasteiger partial charge < -0.3 is 33.8 Å². The van der Waals surface area contributed by atoms with E-state index in [9.17, 15) is 43.2 Å². The highest BCUT2D eigenvalue weighted by Crippen LogP contribution is 2.45. The Balaban J connectivity index is 5.17. The molecule has 546 valence electrons. The van der Waals surface area contributed by atoms with Gasteiger partial charge in [-0.25, -0.2) is 9.13 Å². The fourth-order valence-electron chi connectivity index (χ4n) is 11.0. The molecule has 0 saturated carbocycles. The van der Waals surface area contributed by atoms with Crippen molar-refractivity contribution in [2.24, 2.45) is 17.8 Å². The van der Waals surface area contributed by atoms with Crippen molar-refractivity contribution in [1.29, 1.82) is 0 Å². The first kappa shape index (κ1) is 90.1. The zero-order valence-corrected chi connectivity index (χ0v) is 61.8. The zero-order chi connectivity index (χ0) is 68.0. The first-order chi connectivity index (χ1) is 44.3. The Morgan fingerprint density at radius 2 is 0.554 bits per heavy atom. The summed E-state index contributed by atoms with van der Waals surface area (Å²) in [5.74, 6) is 0.191. The van der Waals surface area contributed by atoms with Crippen LogP contribution < -0.4 is 0 Å². The quantitative estimate of drug-likeness (QED) is 0.0222. The molecule has 0 amide bonds. The van der Waals surface area contributed by atoms with Crippen LogP contribution in [0.4, 0.5) is 0 Å². The maximum atomic E-state index is 13.1. The second-order valence-corrected chi connectivity index (χ2v) is 30.4. The normalized spacial score (nSPS) is 14.4. The lowest BCUT2D eigenvalue weighted by Crippen LogP contribution is -2.30. The molecule has 0 rings (SSSR count). The van der Waals surface area contributed by atoms with Gasteiger partial charge in [0, 0.05) is 25.7 Å². The lowest BCUT2D eigenvalue weighted by molar-refractivity contribution is -0.161. The highest BCUT2D eigenvalue weighted by molar-refractivity contribution is 7.47. The van der Waals surface area contributed by atoms with E-state index in [0.29, 0.717) is 31.6 Å². The van der Waals surface area contributed by atoms with E-state index >= 15 is 0 Å². The minimum absolute atomic E-state index is 0.102. The van der Waals surface area contributed by atoms with Gasteiger partial charge in [0.15, 0.2) is 12.2 Å². The Hall–Kier alpha value is -1.94. The van der Waals surface area contributed by atoms with Gasteiger partial charge in [0.2, 0.25) is 0 Å². The van der Waals surface area contributed by atoms with Crippen molar-refractivity contribution in [2.75, 3.05) is 39.6 Å². The number of aliphatic hydroxyl groups excluding tert-OH is 1. The summed E-state index contributed by atoms with van der Waals surface area (Å²) in [5.41, 5.74) is 0. The first-order valence-corrected chi connectivity index (χ1v) is 40.9. The number of phosphoric ester groups is 2. The van der Waals surface area contributed by atoms with Gasteiger partial charge >= 0.3 is 39.5 Å². The highest BCUT2D eigenvalue weighted by Gasteiger charge is 2.30. The molecular formula is C73H142O17P2. The lowest BCUT2D eigenvalue weighted by Gasteiger charge is -2.21.